The Morgan fingerprint density at radius 2 is 1.85 bits per heavy atom. The first-order valence-electron chi connectivity index (χ1n) is 8.83. The Kier molecular flexibility index (Phi) is 6.29. The summed E-state index contributed by atoms with van der Waals surface area (Å²) in [6, 6.07) is 16.0. The van der Waals surface area contributed by atoms with Crippen molar-refractivity contribution in [2.45, 2.75) is 33.2 Å². The van der Waals surface area contributed by atoms with Gasteiger partial charge < -0.3 is 0 Å². The maximum atomic E-state index is 12.9. The van der Waals surface area contributed by atoms with Crippen LogP contribution in [0.2, 0.25) is 0 Å². The normalized spacial score (nSPS) is 11.1. The zero-order valence-electron chi connectivity index (χ0n) is 15.6. The average molecular weight is 399 g/mol. The molecule has 0 saturated heterocycles. The summed E-state index contributed by atoms with van der Waals surface area (Å²) in [7, 11) is 0. The molecule has 1 aromatic heterocycles. The number of anilines is 1. The Labute approximate surface area is 167 Å². The molecule has 0 unspecified atom stereocenters. The van der Waals surface area contributed by atoms with Gasteiger partial charge in [0.2, 0.25) is 5.91 Å². The molecule has 0 atom stereocenters. The van der Waals surface area contributed by atoms with E-state index in [1.165, 1.54) is 23.8 Å². The van der Waals surface area contributed by atoms with Crippen LogP contribution in [0.3, 0.4) is 0 Å². The summed E-state index contributed by atoms with van der Waals surface area (Å²) in [6.45, 7) is 6.20. The molecule has 0 aliphatic heterocycles. The molecular formula is C21H22N2O2S2. The first kappa shape index (κ1) is 19.6. The molecule has 2 aromatic carbocycles. The minimum absolute atomic E-state index is 0.0607. The van der Waals surface area contributed by atoms with E-state index in [-0.39, 0.29) is 16.8 Å². The number of fused-ring (bicyclic) bond motifs is 1. The van der Waals surface area contributed by atoms with Crippen LogP contribution in [-0.2, 0) is 16.1 Å². The monoisotopic (exact) mass is 398 g/mol. The first-order valence-corrected chi connectivity index (χ1v) is 10.6. The van der Waals surface area contributed by atoms with Crippen molar-refractivity contribution in [1.82, 2.24) is 4.98 Å². The standard InChI is InChI=1S/C21H22N2O2S2/c1-14(2)17-10-7-11-18-20(17)22-21(27-18)23(19(25)13-26-15(3)24)12-16-8-5-4-6-9-16/h4-11,14H,12-13H2,1-3H3. The Morgan fingerprint density at radius 3 is 2.52 bits per heavy atom. The van der Waals surface area contributed by atoms with Crippen LogP contribution in [0.1, 0.15) is 37.8 Å². The van der Waals surface area contributed by atoms with Crippen LogP contribution >= 0.6 is 23.1 Å². The third-order valence-electron chi connectivity index (χ3n) is 4.18. The van der Waals surface area contributed by atoms with E-state index < -0.39 is 0 Å². The second kappa shape index (κ2) is 8.67. The highest BCUT2D eigenvalue weighted by Gasteiger charge is 2.22. The minimum Gasteiger partial charge on any atom is -0.288 e. The lowest BCUT2D eigenvalue weighted by Crippen LogP contribution is -2.32. The predicted octanol–water partition coefficient (Wildman–Crippen LogP) is 5.23. The molecule has 3 rings (SSSR count). The third-order valence-corrected chi connectivity index (χ3v) is 6.02. The summed E-state index contributed by atoms with van der Waals surface area (Å²) in [6.07, 6.45) is 0. The molecule has 0 aliphatic carbocycles. The van der Waals surface area contributed by atoms with E-state index in [1.54, 1.807) is 4.90 Å². The number of hydrogen-bond acceptors (Lipinski definition) is 5. The second-order valence-corrected chi connectivity index (χ2v) is 8.75. The summed E-state index contributed by atoms with van der Waals surface area (Å²) in [5, 5.41) is 0.616. The molecule has 1 amide bonds. The predicted molar refractivity (Wildman–Crippen MR) is 114 cm³/mol. The van der Waals surface area contributed by atoms with Crippen LogP contribution in [-0.4, -0.2) is 21.8 Å². The van der Waals surface area contributed by atoms with Crippen molar-refractivity contribution in [1.29, 1.82) is 0 Å². The number of carbonyl (C=O) groups is 2. The summed E-state index contributed by atoms with van der Waals surface area (Å²) in [5.41, 5.74) is 3.17. The number of hydrogen-bond donors (Lipinski definition) is 0. The van der Waals surface area contributed by atoms with E-state index in [0.29, 0.717) is 17.6 Å². The smallest absolute Gasteiger partial charge is 0.239 e. The van der Waals surface area contributed by atoms with Crippen molar-refractivity contribution in [2.75, 3.05) is 10.7 Å². The van der Waals surface area contributed by atoms with Gasteiger partial charge in [-0.15, -0.1) is 0 Å². The molecule has 140 valence electrons. The molecule has 0 radical (unpaired) electrons. The summed E-state index contributed by atoms with van der Waals surface area (Å²) in [4.78, 5) is 30.7. The van der Waals surface area contributed by atoms with E-state index in [9.17, 15) is 9.59 Å². The first-order chi connectivity index (χ1) is 13.0. The van der Waals surface area contributed by atoms with Gasteiger partial charge in [-0.3, -0.25) is 14.5 Å². The molecule has 0 fully saturated rings. The number of carbonyl (C=O) groups excluding carboxylic acids is 2. The lowest BCUT2D eigenvalue weighted by Gasteiger charge is -2.19. The molecule has 0 spiro atoms. The number of nitrogens with zero attached hydrogens (tertiary/aromatic N) is 2. The van der Waals surface area contributed by atoms with Crippen molar-refractivity contribution >= 4 is 49.5 Å². The second-order valence-electron chi connectivity index (χ2n) is 6.59. The van der Waals surface area contributed by atoms with Gasteiger partial charge in [0.05, 0.1) is 22.5 Å². The van der Waals surface area contributed by atoms with Gasteiger partial charge in [0, 0.05) is 6.92 Å². The van der Waals surface area contributed by atoms with Gasteiger partial charge in [-0.1, -0.05) is 79.4 Å². The Bertz CT molecular complexity index is 951. The minimum atomic E-state index is -0.107. The van der Waals surface area contributed by atoms with Crippen molar-refractivity contribution in [3.8, 4) is 0 Å². The number of aromatic nitrogens is 1. The number of amides is 1. The topological polar surface area (TPSA) is 50.3 Å². The number of thioether (sulfide) groups is 1. The van der Waals surface area contributed by atoms with Crippen LogP contribution in [0, 0.1) is 0 Å². The summed E-state index contributed by atoms with van der Waals surface area (Å²) >= 11 is 2.55. The molecule has 0 N–H and O–H groups in total. The van der Waals surface area contributed by atoms with Gasteiger partial charge in [0.1, 0.15) is 0 Å². The molecule has 3 aromatic rings. The van der Waals surface area contributed by atoms with Crippen LogP contribution in [0.15, 0.2) is 48.5 Å². The average Bonchev–Trinajstić information content (AvgIpc) is 3.08. The van der Waals surface area contributed by atoms with E-state index in [1.807, 2.05) is 42.5 Å². The molecule has 0 bridgehead atoms. The molecule has 4 nitrogen and oxygen atoms in total. The quantitative estimate of drug-likeness (QED) is 0.570. The van der Waals surface area contributed by atoms with Gasteiger partial charge in [-0.2, -0.15) is 0 Å². The van der Waals surface area contributed by atoms with Gasteiger partial charge in [0.15, 0.2) is 10.2 Å². The number of rotatable bonds is 6. The molecule has 0 aliphatic rings. The summed E-state index contributed by atoms with van der Waals surface area (Å²) in [5.74, 6) is 0.370. The fraction of sp³-hybridized carbons (Fsp3) is 0.286. The summed E-state index contributed by atoms with van der Waals surface area (Å²) < 4.78 is 1.07. The van der Waals surface area contributed by atoms with Crippen LogP contribution in [0.4, 0.5) is 5.13 Å². The van der Waals surface area contributed by atoms with Crippen LogP contribution < -0.4 is 4.90 Å². The zero-order chi connectivity index (χ0) is 19.4. The zero-order valence-corrected chi connectivity index (χ0v) is 17.3. The van der Waals surface area contributed by atoms with E-state index >= 15 is 0 Å². The van der Waals surface area contributed by atoms with Crippen molar-refractivity contribution in [3.05, 3.63) is 59.7 Å². The Balaban J connectivity index is 1.98. The van der Waals surface area contributed by atoms with Gasteiger partial charge >= 0.3 is 0 Å². The fourth-order valence-corrected chi connectivity index (χ4v) is 4.31. The highest BCUT2D eigenvalue weighted by Crippen LogP contribution is 2.34. The van der Waals surface area contributed by atoms with Crippen molar-refractivity contribution < 1.29 is 9.59 Å². The van der Waals surface area contributed by atoms with Crippen molar-refractivity contribution in [2.24, 2.45) is 0 Å². The molecule has 1 heterocycles. The largest absolute Gasteiger partial charge is 0.288 e. The van der Waals surface area contributed by atoms with Gasteiger partial charge in [-0.25, -0.2) is 4.98 Å². The highest BCUT2D eigenvalue weighted by molar-refractivity contribution is 8.14. The van der Waals surface area contributed by atoms with Crippen LogP contribution in [0.5, 0.6) is 0 Å². The lowest BCUT2D eigenvalue weighted by molar-refractivity contribution is -0.116. The third kappa shape index (κ3) is 4.76. The maximum absolute atomic E-state index is 12.9. The number of thiazole rings is 1. The van der Waals surface area contributed by atoms with E-state index in [2.05, 4.69) is 19.9 Å². The Hall–Kier alpha value is -2.18. The number of benzene rings is 2. The van der Waals surface area contributed by atoms with Gasteiger partial charge in [0.25, 0.3) is 0 Å². The highest BCUT2D eigenvalue weighted by atomic mass is 32.2. The molecule has 0 saturated carbocycles. The number of para-hydroxylation sites is 1. The van der Waals surface area contributed by atoms with E-state index in [0.717, 1.165) is 27.5 Å². The van der Waals surface area contributed by atoms with E-state index in [4.69, 9.17) is 4.98 Å². The molecule has 27 heavy (non-hydrogen) atoms. The maximum Gasteiger partial charge on any atom is 0.239 e. The van der Waals surface area contributed by atoms with Crippen LogP contribution in [0.25, 0.3) is 10.2 Å². The SMILES string of the molecule is CC(=O)SCC(=O)N(Cc1ccccc1)c1nc2c(C(C)C)cccc2s1. The van der Waals surface area contributed by atoms with Crippen molar-refractivity contribution in [3.63, 3.8) is 0 Å². The Morgan fingerprint density at radius 1 is 1.11 bits per heavy atom. The van der Waals surface area contributed by atoms with Gasteiger partial charge in [-0.05, 0) is 23.1 Å². The molecular weight excluding hydrogens is 376 g/mol. The lowest BCUT2D eigenvalue weighted by atomic mass is 10.0. The fourth-order valence-electron chi connectivity index (χ4n) is 2.81. The molecule has 6 heteroatoms.